The molecule has 0 aromatic heterocycles. The summed E-state index contributed by atoms with van der Waals surface area (Å²) in [5.41, 5.74) is 0.892. The van der Waals surface area contributed by atoms with Gasteiger partial charge >= 0.3 is 5.97 Å². The van der Waals surface area contributed by atoms with E-state index in [1.807, 2.05) is 4.90 Å². The van der Waals surface area contributed by atoms with Gasteiger partial charge in [-0.3, -0.25) is 4.79 Å². The molecule has 1 aliphatic heterocycles. The van der Waals surface area contributed by atoms with Crippen molar-refractivity contribution in [1.82, 2.24) is 0 Å². The van der Waals surface area contributed by atoms with Crippen LogP contribution in [0.2, 0.25) is 0 Å². The highest BCUT2D eigenvalue weighted by Gasteiger charge is 2.23. The normalized spacial score (nSPS) is 15.7. The first kappa shape index (κ1) is 9.71. The molecule has 1 aromatic rings. The van der Waals surface area contributed by atoms with Gasteiger partial charge in [0.05, 0.1) is 17.8 Å². The highest BCUT2D eigenvalue weighted by atomic mass is 16.4. The topological polar surface area (TPSA) is 57.6 Å². The smallest absolute Gasteiger partial charge is 0.337 e. The van der Waals surface area contributed by atoms with E-state index in [0.29, 0.717) is 25.2 Å². The Hall–Kier alpha value is -1.84. The fraction of sp³-hybridized carbons (Fsp3) is 0.273. The lowest BCUT2D eigenvalue weighted by Gasteiger charge is -2.18. The number of Topliss-reactive ketones (excluding diaryl/α,β-unsaturated/α-hetero) is 1. The second-order valence-electron chi connectivity index (χ2n) is 3.53. The third-order valence-electron chi connectivity index (χ3n) is 2.50. The molecule has 15 heavy (non-hydrogen) atoms. The van der Waals surface area contributed by atoms with Crippen LogP contribution in [-0.2, 0) is 4.79 Å². The highest BCUT2D eigenvalue weighted by Crippen LogP contribution is 2.23. The van der Waals surface area contributed by atoms with Crippen molar-refractivity contribution in [2.24, 2.45) is 0 Å². The first-order valence-corrected chi connectivity index (χ1v) is 4.77. The Morgan fingerprint density at radius 1 is 1.33 bits per heavy atom. The Morgan fingerprint density at radius 3 is 2.67 bits per heavy atom. The number of carbonyl (C=O) groups excluding carboxylic acids is 1. The molecule has 1 aromatic carbocycles. The van der Waals surface area contributed by atoms with Crippen LogP contribution >= 0.6 is 0 Å². The van der Waals surface area contributed by atoms with Gasteiger partial charge in [0.2, 0.25) is 0 Å². The Morgan fingerprint density at radius 2 is 2.07 bits per heavy atom. The van der Waals surface area contributed by atoms with E-state index in [9.17, 15) is 9.59 Å². The van der Waals surface area contributed by atoms with Crippen LogP contribution in [0.3, 0.4) is 0 Å². The SMILES string of the molecule is O=C1CCN(c2ccccc2C(=O)O)C1. The molecule has 2 rings (SSSR count). The van der Waals surface area contributed by atoms with Crippen molar-refractivity contribution in [2.45, 2.75) is 6.42 Å². The van der Waals surface area contributed by atoms with Crippen molar-refractivity contribution in [3.63, 3.8) is 0 Å². The van der Waals surface area contributed by atoms with Crippen LogP contribution in [0.4, 0.5) is 5.69 Å². The minimum Gasteiger partial charge on any atom is -0.478 e. The van der Waals surface area contributed by atoms with Gasteiger partial charge in [0.1, 0.15) is 0 Å². The van der Waals surface area contributed by atoms with Gasteiger partial charge in [0.25, 0.3) is 0 Å². The van der Waals surface area contributed by atoms with Crippen LogP contribution in [0.25, 0.3) is 0 Å². The molecule has 0 spiro atoms. The van der Waals surface area contributed by atoms with Crippen molar-refractivity contribution in [2.75, 3.05) is 18.0 Å². The minimum absolute atomic E-state index is 0.162. The Labute approximate surface area is 87.1 Å². The number of nitrogens with zero attached hydrogens (tertiary/aromatic N) is 1. The summed E-state index contributed by atoms with van der Waals surface area (Å²) in [6.07, 6.45) is 0.508. The molecule has 0 radical (unpaired) electrons. The molecule has 1 fully saturated rings. The van der Waals surface area contributed by atoms with Crippen LogP contribution in [0, 0.1) is 0 Å². The Bertz CT molecular complexity index is 414. The lowest BCUT2D eigenvalue weighted by Crippen LogP contribution is -2.22. The van der Waals surface area contributed by atoms with Crippen molar-refractivity contribution in [3.05, 3.63) is 29.8 Å². The van der Waals surface area contributed by atoms with E-state index >= 15 is 0 Å². The first-order chi connectivity index (χ1) is 7.18. The Kier molecular flexibility index (Phi) is 2.41. The highest BCUT2D eigenvalue weighted by molar-refractivity contribution is 5.96. The number of para-hydroxylation sites is 1. The zero-order chi connectivity index (χ0) is 10.8. The molecule has 4 nitrogen and oxygen atoms in total. The standard InChI is InChI=1S/C11H11NO3/c13-8-5-6-12(7-8)10-4-2-1-3-9(10)11(14)15/h1-4H,5-7H2,(H,14,15). The number of ketones is 1. The number of hydrogen-bond acceptors (Lipinski definition) is 3. The molecule has 4 heteroatoms. The summed E-state index contributed by atoms with van der Waals surface area (Å²) >= 11 is 0. The summed E-state index contributed by atoms with van der Waals surface area (Å²) in [6, 6.07) is 6.76. The van der Waals surface area contributed by atoms with Gasteiger partial charge in [-0.1, -0.05) is 12.1 Å². The minimum atomic E-state index is -0.954. The van der Waals surface area contributed by atoms with Crippen LogP contribution < -0.4 is 4.90 Å². The number of hydrogen-bond donors (Lipinski definition) is 1. The zero-order valence-electron chi connectivity index (χ0n) is 8.14. The lowest BCUT2D eigenvalue weighted by atomic mass is 10.1. The molecule has 1 saturated heterocycles. The van der Waals surface area contributed by atoms with Crippen LogP contribution in [0.5, 0.6) is 0 Å². The van der Waals surface area contributed by atoms with Gasteiger partial charge < -0.3 is 10.0 Å². The Balaban J connectivity index is 2.35. The van der Waals surface area contributed by atoms with E-state index in [2.05, 4.69) is 0 Å². The van der Waals surface area contributed by atoms with E-state index in [1.54, 1.807) is 24.3 Å². The molecule has 0 aliphatic carbocycles. The predicted octanol–water partition coefficient (Wildman–Crippen LogP) is 1.16. The number of carboxylic acid groups (broad SMARTS) is 1. The van der Waals surface area contributed by atoms with Crippen LogP contribution in [0.1, 0.15) is 16.8 Å². The largest absolute Gasteiger partial charge is 0.478 e. The number of benzene rings is 1. The van der Waals surface area contributed by atoms with Gasteiger partial charge in [-0.15, -0.1) is 0 Å². The van der Waals surface area contributed by atoms with Crippen molar-refractivity contribution in [3.8, 4) is 0 Å². The third kappa shape index (κ3) is 1.83. The van der Waals surface area contributed by atoms with Gasteiger partial charge in [-0.05, 0) is 12.1 Å². The van der Waals surface area contributed by atoms with Gasteiger partial charge in [-0.2, -0.15) is 0 Å². The number of anilines is 1. The maximum atomic E-state index is 11.1. The number of carbonyl (C=O) groups is 2. The fourth-order valence-electron chi connectivity index (χ4n) is 1.77. The van der Waals surface area contributed by atoms with Crippen molar-refractivity contribution < 1.29 is 14.7 Å². The maximum Gasteiger partial charge on any atom is 0.337 e. The summed E-state index contributed by atoms with van der Waals surface area (Å²) in [4.78, 5) is 23.9. The molecular formula is C11H11NO3. The molecule has 0 saturated carbocycles. The summed E-state index contributed by atoms with van der Waals surface area (Å²) < 4.78 is 0. The van der Waals surface area contributed by atoms with E-state index < -0.39 is 5.97 Å². The fourth-order valence-corrected chi connectivity index (χ4v) is 1.77. The summed E-state index contributed by atoms with van der Waals surface area (Å²) in [5.74, 6) is -0.792. The van der Waals surface area contributed by atoms with Gasteiger partial charge in [0.15, 0.2) is 5.78 Å². The summed E-state index contributed by atoms with van der Waals surface area (Å²) in [6.45, 7) is 0.938. The molecule has 78 valence electrons. The number of rotatable bonds is 2. The molecular weight excluding hydrogens is 194 g/mol. The van der Waals surface area contributed by atoms with Crippen LogP contribution in [-0.4, -0.2) is 29.9 Å². The molecule has 1 aliphatic rings. The lowest BCUT2D eigenvalue weighted by molar-refractivity contribution is -0.116. The average Bonchev–Trinajstić information content (AvgIpc) is 2.65. The van der Waals surface area contributed by atoms with E-state index in [1.165, 1.54) is 0 Å². The number of aromatic carboxylic acids is 1. The van der Waals surface area contributed by atoms with E-state index in [0.717, 1.165) is 0 Å². The number of carboxylic acids is 1. The molecule has 0 atom stereocenters. The predicted molar refractivity (Wildman–Crippen MR) is 55.2 cm³/mol. The van der Waals surface area contributed by atoms with Crippen LogP contribution in [0.15, 0.2) is 24.3 Å². The molecule has 0 amide bonds. The van der Waals surface area contributed by atoms with E-state index in [4.69, 9.17) is 5.11 Å². The quantitative estimate of drug-likeness (QED) is 0.787. The second-order valence-corrected chi connectivity index (χ2v) is 3.53. The zero-order valence-corrected chi connectivity index (χ0v) is 8.14. The molecule has 0 bridgehead atoms. The third-order valence-corrected chi connectivity index (χ3v) is 2.50. The molecule has 1 heterocycles. The van der Waals surface area contributed by atoms with Gasteiger partial charge in [0, 0.05) is 13.0 Å². The van der Waals surface area contributed by atoms with Gasteiger partial charge in [-0.25, -0.2) is 4.79 Å². The molecule has 1 N–H and O–H groups in total. The average molecular weight is 205 g/mol. The van der Waals surface area contributed by atoms with Crippen molar-refractivity contribution >= 4 is 17.4 Å². The maximum absolute atomic E-state index is 11.1. The molecule has 0 unspecified atom stereocenters. The first-order valence-electron chi connectivity index (χ1n) is 4.77. The van der Waals surface area contributed by atoms with Crippen molar-refractivity contribution in [1.29, 1.82) is 0 Å². The summed E-state index contributed by atoms with van der Waals surface area (Å²) in [5, 5.41) is 8.98. The van der Waals surface area contributed by atoms with E-state index in [-0.39, 0.29) is 11.3 Å². The second kappa shape index (κ2) is 3.73. The monoisotopic (exact) mass is 205 g/mol. The summed E-state index contributed by atoms with van der Waals surface area (Å²) in [7, 11) is 0.